The standard InChI is InChI=1S/C11H14F2N2O3S/c12-8-3-4-9(10(13)11(8)14)15-19(16,17)6-7-2-1-5-18-7/h3-4,7,15H,1-2,5-6,14H2/t7-/m1/s1. The van der Waals surface area contributed by atoms with Crippen molar-refractivity contribution in [1.82, 2.24) is 0 Å². The molecule has 3 N–H and O–H groups in total. The summed E-state index contributed by atoms with van der Waals surface area (Å²) in [5, 5.41) is 0. The molecule has 0 aromatic heterocycles. The predicted molar refractivity (Wildman–Crippen MR) is 67.2 cm³/mol. The van der Waals surface area contributed by atoms with Crippen LogP contribution in [-0.2, 0) is 14.8 Å². The molecule has 19 heavy (non-hydrogen) atoms. The van der Waals surface area contributed by atoms with E-state index < -0.39 is 33.4 Å². The summed E-state index contributed by atoms with van der Waals surface area (Å²) in [6.45, 7) is 0.526. The minimum Gasteiger partial charge on any atom is -0.394 e. The molecule has 0 radical (unpaired) electrons. The Labute approximate surface area is 109 Å². The summed E-state index contributed by atoms with van der Waals surface area (Å²) in [5.74, 6) is -2.31. The summed E-state index contributed by atoms with van der Waals surface area (Å²) >= 11 is 0. The maximum Gasteiger partial charge on any atom is 0.235 e. The Morgan fingerprint density at radius 2 is 2.16 bits per heavy atom. The van der Waals surface area contributed by atoms with Gasteiger partial charge in [-0.3, -0.25) is 4.72 Å². The van der Waals surface area contributed by atoms with Crippen molar-refractivity contribution >= 4 is 21.4 Å². The average Bonchev–Trinajstić information content (AvgIpc) is 2.82. The second-order valence-electron chi connectivity index (χ2n) is 4.34. The predicted octanol–water partition coefficient (Wildman–Crippen LogP) is 1.47. The summed E-state index contributed by atoms with van der Waals surface area (Å²) in [6.07, 6.45) is 1.06. The van der Waals surface area contributed by atoms with Crippen molar-refractivity contribution in [1.29, 1.82) is 0 Å². The zero-order valence-electron chi connectivity index (χ0n) is 10.0. The first-order chi connectivity index (χ1) is 8.89. The first-order valence-electron chi connectivity index (χ1n) is 5.74. The maximum atomic E-state index is 13.6. The van der Waals surface area contributed by atoms with E-state index >= 15 is 0 Å². The number of hydrogen-bond donors (Lipinski definition) is 2. The van der Waals surface area contributed by atoms with Crippen molar-refractivity contribution in [2.24, 2.45) is 0 Å². The lowest BCUT2D eigenvalue weighted by molar-refractivity contribution is 0.127. The van der Waals surface area contributed by atoms with Gasteiger partial charge in [-0.15, -0.1) is 0 Å². The third kappa shape index (κ3) is 3.32. The van der Waals surface area contributed by atoms with E-state index in [1.54, 1.807) is 0 Å². The molecule has 0 amide bonds. The molecule has 0 spiro atoms. The van der Waals surface area contributed by atoms with Gasteiger partial charge in [0.05, 0.1) is 17.5 Å². The van der Waals surface area contributed by atoms with Crippen LogP contribution in [0, 0.1) is 11.6 Å². The molecule has 0 bridgehead atoms. The van der Waals surface area contributed by atoms with E-state index in [9.17, 15) is 17.2 Å². The van der Waals surface area contributed by atoms with Gasteiger partial charge in [-0.2, -0.15) is 0 Å². The van der Waals surface area contributed by atoms with Crippen molar-refractivity contribution < 1.29 is 21.9 Å². The Morgan fingerprint density at radius 1 is 1.42 bits per heavy atom. The molecule has 5 nitrogen and oxygen atoms in total. The number of rotatable bonds is 4. The lowest BCUT2D eigenvalue weighted by atomic mass is 10.2. The number of hydrogen-bond acceptors (Lipinski definition) is 4. The minimum absolute atomic E-state index is 0.260. The van der Waals surface area contributed by atoms with Gasteiger partial charge in [-0.1, -0.05) is 0 Å². The number of benzene rings is 1. The molecule has 1 saturated heterocycles. The molecular formula is C11H14F2N2O3S. The van der Waals surface area contributed by atoms with Gasteiger partial charge in [0.2, 0.25) is 10.0 Å². The third-order valence-corrected chi connectivity index (χ3v) is 4.16. The van der Waals surface area contributed by atoms with Crippen molar-refractivity contribution in [2.45, 2.75) is 18.9 Å². The van der Waals surface area contributed by atoms with E-state index in [2.05, 4.69) is 4.72 Å². The van der Waals surface area contributed by atoms with Crippen LogP contribution in [0.4, 0.5) is 20.2 Å². The fourth-order valence-corrected chi connectivity index (χ4v) is 3.21. The summed E-state index contributed by atoms with van der Waals surface area (Å²) in [7, 11) is -3.76. The summed E-state index contributed by atoms with van der Waals surface area (Å²) in [5.41, 5.74) is 4.08. The molecule has 1 aromatic rings. The normalized spacial score (nSPS) is 19.6. The molecule has 106 valence electrons. The highest BCUT2D eigenvalue weighted by Crippen LogP contribution is 2.24. The van der Waals surface area contributed by atoms with Crippen LogP contribution in [-0.4, -0.2) is 26.9 Å². The van der Waals surface area contributed by atoms with E-state index in [0.717, 1.165) is 18.6 Å². The Kier molecular flexibility index (Phi) is 3.91. The molecule has 0 aliphatic carbocycles. The van der Waals surface area contributed by atoms with Gasteiger partial charge in [0.15, 0.2) is 5.82 Å². The molecule has 1 aromatic carbocycles. The highest BCUT2D eigenvalue weighted by Gasteiger charge is 2.24. The van der Waals surface area contributed by atoms with E-state index in [0.29, 0.717) is 13.0 Å². The lowest BCUT2D eigenvalue weighted by Crippen LogP contribution is -2.26. The van der Waals surface area contributed by atoms with Gasteiger partial charge < -0.3 is 10.5 Å². The van der Waals surface area contributed by atoms with Crippen LogP contribution < -0.4 is 10.5 Å². The smallest absolute Gasteiger partial charge is 0.235 e. The monoisotopic (exact) mass is 292 g/mol. The molecule has 8 heteroatoms. The Morgan fingerprint density at radius 3 is 2.79 bits per heavy atom. The summed E-state index contributed by atoms with van der Waals surface area (Å²) < 4.78 is 57.4. The van der Waals surface area contributed by atoms with E-state index in [4.69, 9.17) is 10.5 Å². The fraction of sp³-hybridized carbons (Fsp3) is 0.455. The second kappa shape index (κ2) is 5.30. The Hall–Kier alpha value is -1.41. The molecule has 1 aliphatic rings. The average molecular weight is 292 g/mol. The van der Waals surface area contributed by atoms with E-state index in [1.165, 1.54) is 0 Å². The highest BCUT2D eigenvalue weighted by molar-refractivity contribution is 7.92. The molecule has 0 saturated carbocycles. The summed E-state index contributed by atoms with van der Waals surface area (Å²) in [6, 6.07) is 1.90. The molecule has 2 rings (SSSR count). The van der Waals surface area contributed by atoms with Crippen molar-refractivity contribution in [3.8, 4) is 0 Å². The number of nitrogen functional groups attached to an aromatic ring is 1. The van der Waals surface area contributed by atoms with Crippen LogP contribution in [0.2, 0.25) is 0 Å². The molecule has 1 fully saturated rings. The topological polar surface area (TPSA) is 81.4 Å². The van der Waals surface area contributed by atoms with Gasteiger partial charge in [0, 0.05) is 6.61 Å². The first kappa shape index (κ1) is 14.0. The van der Waals surface area contributed by atoms with E-state index in [1.807, 2.05) is 0 Å². The van der Waals surface area contributed by atoms with Gasteiger partial charge in [-0.05, 0) is 25.0 Å². The van der Waals surface area contributed by atoms with Crippen molar-refractivity contribution in [3.63, 3.8) is 0 Å². The zero-order chi connectivity index (χ0) is 14.0. The minimum atomic E-state index is -3.76. The number of halogens is 2. The van der Waals surface area contributed by atoms with Gasteiger partial charge in [0.25, 0.3) is 0 Å². The number of anilines is 2. The van der Waals surface area contributed by atoms with Crippen LogP contribution in [0.5, 0.6) is 0 Å². The highest BCUT2D eigenvalue weighted by atomic mass is 32.2. The van der Waals surface area contributed by atoms with Crippen molar-refractivity contribution in [3.05, 3.63) is 23.8 Å². The molecule has 1 heterocycles. The van der Waals surface area contributed by atoms with Crippen molar-refractivity contribution in [2.75, 3.05) is 22.8 Å². The Balaban J connectivity index is 2.13. The van der Waals surface area contributed by atoms with Crippen LogP contribution in [0.1, 0.15) is 12.8 Å². The van der Waals surface area contributed by atoms with Gasteiger partial charge >= 0.3 is 0 Å². The summed E-state index contributed by atoms with van der Waals surface area (Å²) in [4.78, 5) is 0. The first-order valence-corrected chi connectivity index (χ1v) is 7.40. The largest absolute Gasteiger partial charge is 0.394 e. The Bertz CT molecular complexity index is 572. The third-order valence-electron chi connectivity index (χ3n) is 2.82. The maximum absolute atomic E-state index is 13.6. The number of nitrogens with one attached hydrogen (secondary N) is 1. The number of sulfonamides is 1. The van der Waals surface area contributed by atoms with Crippen LogP contribution in [0.3, 0.4) is 0 Å². The molecule has 1 atom stereocenters. The fourth-order valence-electron chi connectivity index (χ4n) is 1.88. The second-order valence-corrected chi connectivity index (χ2v) is 6.11. The SMILES string of the molecule is Nc1c(F)ccc(NS(=O)(=O)C[C@H]2CCCO2)c1F. The zero-order valence-corrected chi connectivity index (χ0v) is 10.8. The van der Waals surface area contributed by atoms with Crippen LogP contribution in [0.15, 0.2) is 12.1 Å². The van der Waals surface area contributed by atoms with Crippen LogP contribution >= 0.6 is 0 Å². The number of nitrogens with two attached hydrogens (primary N) is 1. The molecule has 1 aliphatic heterocycles. The molecular weight excluding hydrogens is 278 g/mol. The molecule has 0 unspecified atom stereocenters. The van der Waals surface area contributed by atoms with E-state index in [-0.39, 0.29) is 11.4 Å². The van der Waals surface area contributed by atoms with Crippen LogP contribution in [0.25, 0.3) is 0 Å². The van der Waals surface area contributed by atoms with Gasteiger partial charge in [0.1, 0.15) is 11.5 Å². The quantitative estimate of drug-likeness (QED) is 0.823. The van der Waals surface area contributed by atoms with Gasteiger partial charge in [-0.25, -0.2) is 17.2 Å². The number of ether oxygens (including phenoxy) is 1. The lowest BCUT2D eigenvalue weighted by Gasteiger charge is -2.13.